The van der Waals surface area contributed by atoms with E-state index in [9.17, 15) is 9.90 Å². The molecule has 136 valence electrons. The van der Waals surface area contributed by atoms with Crippen LogP contribution in [0.15, 0.2) is 47.6 Å². The fourth-order valence-electron chi connectivity index (χ4n) is 3.25. The number of halogens is 1. The third-order valence-electron chi connectivity index (χ3n) is 4.67. The number of aliphatic hydroxyl groups is 1. The lowest BCUT2D eigenvalue weighted by atomic mass is 9.99. The third-order valence-corrected chi connectivity index (χ3v) is 5.08. The number of carbonyl (C=O) groups is 1. The molecule has 0 aromatic heterocycles. The van der Waals surface area contributed by atoms with Gasteiger partial charge in [0.15, 0.2) is 0 Å². The zero-order chi connectivity index (χ0) is 18.7. The second kappa shape index (κ2) is 7.89. The molecule has 6 heteroatoms. The number of amides is 1. The quantitative estimate of drug-likeness (QED) is 0.835. The van der Waals surface area contributed by atoms with E-state index in [0.29, 0.717) is 18.5 Å². The molecule has 0 spiro atoms. The average Bonchev–Trinajstić information content (AvgIpc) is 3.07. The van der Waals surface area contributed by atoms with Crippen molar-refractivity contribution in [2.45, 2.75) is 19.4 Å². The Morgan fingerprint density at radius 2 is 2.04 bits per heavy atom. The number of hydrogen-bond donors (Lipinski definition) is 1. The molecule has 1 saturated heterocycles. The Morgan fingerprint density at radius 3 is 2.69 bits per heavy atom. The molecule has 0 saturated carbocycles. The molecule has 1 amide bonds. The van der Waals surface area contributed by atoms with Gasteiger partial charge >= 0.3 is 0 Å². The van der Waals surface area contributed by atoms with Gasteiger partial charge in [-0.15, -0.1) is 0 Å². The van der Waals surface area contributed by atoms with Crippen LogP contribution in [-0.2, 0) is 4.84 Å². The predicted molar refractivity (Wildman–Crippen MR) is 103 cm³/mol. The Kier molecular flexibility index (Phi) is 5.59. The van der Waals surface area contributed by atoms with Gasteiger partial charge in [0, 0.05) is 17.0 Å². The van der Waals surface area contributed by atoms with E-state index in [4.69, 9.17) is 16.4 Å². The Balaban J connectivity index is 1.83. The summed E-state index contributed by atoms with van der Waals surface area (Å²) >= 11 is 6.20. The maximum atomic E-state index is 12.8. The van der Waals surface area contributed by atoms with Crippen LogP contribution in [0.1, 0.15) is 22.3 Å². The number of rotatable bonds is 4. The first-order chi connectivity index (χ1) is 12.5. The van der Waals surface area contributed by atoms with E-state index in [1.165, 1.54) is 7.11 Å². The summed E-state index contributed by atoms with van der Waals surface area (Å²) in [5, 5.41) is 14.2. The van der Waals surface area contributed by atoms with Gasteiger partial charge in [0.2, 0.25) is 0 Å². The van der Waals surface area contributed by atoms with Crippen molar-refractivity contribution >= 4 is 23.2 Å². The highest BCUT2D eigenvalue weighted by atomic mass is 35.5. The molecule has 1 N–H and O–H groups in total. The van der Waals surface area contributed by atoms with Crippen LogP contribution >= 0.6 is 11.6 Å². The van der Waals surface area contributed by atoms with Gasteiger partial charge in [-0.3, -0.25) is 4.79 Å². The molecule has 2 aromatic carbocycles. The lowest BCUT2D eigenvalue weighted by Crippen LogP contribution is -2.37. The van der Waals surface area contributed by atoms with Gasteiger partial charge in [-0.05, 0) is 41.8 Å². The van der Waals surface area contributed by atoms with Gasteiger partial charge < -0.3 is 14.8 Å². The fourth-order valence-corrected chi connectivity index (χ4v) is 3.42. The predicted octanol–water partition coefficient (Wildman–Crippen LogP) is 3.52. The minimum Gasteiger partial charge on any atom is -0.399 e. The number of aliphatic hydroxyl groups excluding tert-OH is 1. The second-order valence-electron chi connectivity index (χ2n) is 6.30. The van der Waals surface area contributed by atoms with E-state index in [1.54, 1.807) is 17.0 Å². The highest BCUT2D eigenvalue weighted by Crippen LogP contribution is 2.29. The van der Waals surface area contributed by atoms with Gasteiger partial charge in [-0.2, -0.15) is 0 Å². The summed E-state index contributed by atoms with van der Waals surface area (Å²) in [7, 11) is 1.47. The molecule has 0 aliphatic carbocycles. The normalized spacial score (nSPS) is 18.4. The smallest absolute Gasteiger partial charge is 0.254 e. The van der Waals surface area contributed by atoms with E-state index in [1.807, 2.05) is 37.3 Å². The molecular weight excluding hydrogens is 352 g/mol. The first-order valence-electron chi connectivity index (χ1n) is 8.41. The second-order valence-corrected chi connectivity index (χ2v) is 6.71. The Bertz CT molecular complexity index is 833. The number of benzene rings is 2. The molecule has 1 aliphatic heterocycles. The SMILES string of the molecule is CO/N=C1\CC(CO)N(C(=O)c2ccc(-c3cccc(Cl)c3C)cc2)C1. The number of carbonyl (C=O) groups excluding carboxylic acids is 1. The van der Waals surface area contributed by atoms with Crippen molar-refractivity contribution in [2.24, 2.45) is 5.16 Å². The van der Waals surface area contributed by atoms with Crippen molar-refractivity contribution in [1.82, 2.24) is 4.90 Å². The van der Waals surface area contributed by atoms with Crippen LogP contribution in [0.4, 0.5) is 0 Å². The number of nitrogens with zero attached hydrogens (tertiary/aromatic N) is 2. The summed E-state index contributed by atoms with van der Waals surface area (Å²) in [6, 6.07) is 13.0. The van der Waals surface area contributed by atoms with Crippen molar-refractivity contribution in [1.29, 1.82) is 0 Å². The summed E-state index contributed by atoms with van der Waals surface area (Å²) in [6.45, 7) is 2.24. The third kappa shape index (κ3) is 3.59. The molecule has 1 fully saturated rings. The number of hydrogen-bond acceptors (Lipinski definition) is 4. The summed E-state index contributed by atoms with van der Waals surface area (Å²) in [6.07, 6.45) is 0.524. The molecular formula is C20H21ClN2O3. The molecule has 26 heavy (non-hydrogen) atoms. The van der Waals surface area contributed by atoms with Crippen LogP contribution in [0.2, 0.25) is 5.02 Å². The molecule has 0 bridgehead atoms. The van der Waals surface area contributed by atoms with E-state index in [-0.39, 0.29) is 18.6 Å². The van der Waals surface area contributed by atoms with E-state index >= 15 is 0 Å². The van der Waals surface area contributed by atoms with Crippen LogP contribution < -0.4 is 0 Å². The maximum absolute atomic E-state index is 12.8. The molecule has 0 radical (unpaired) electrons. The first kappa shape index (κ1) is 18.4. The van der Waals surface area contributed by atoms with E-state index in [2.05, 4.69) is 5.16 Å². The van der Waals surface area contributed by atoms with Gasteiger partial charge in [-0.25, -0.2) is 0 Å². The lowest BCUT2D eigenvalue weighted by Gasteiger charge is -2.22. The molecule has 1 atom stereocenters. The molecule has 5 nitrogen and oxygen atoms in total. The minimum absolute atomic E-state index is 0.103. The summed E-state index contributed by atoms with van der Waals surface area (Å²) in [5.74, 6) is -0.125. The fraction of sp³-hybridized carbons (Fsp3) is 0.300. The average molecular weight is 373 g/mol. The van der Waals surface area contributed by atoms with Gasteiger partial charge in [0.1, 0.15) is 7.11 Å². The lowest BCUT2D eigenvalue weighted by molar-refractivity contribution is 0.0680. The minimum atomic E-state index is -0.272. The van der Waals surface area contributed by atoms with Crippen LogP contribution in [-0.4, -0.2) is 47.9 Å². The summed E-state index contributed by atoms with van der Waals surface area (Å²) in [4.78, 5) is 19.3. The van der Waals surface area contributed by atoms with E-state index < -0.39 is 0 Å². The number of likely N-dealkylation sites (tertiary alicyclic amines) is 1. The molecule has 3 rings (SSSR count). The topological polar surface area (TPSA) is 62.1 Å². The van der Waals surface area contributed by atoms with Gasteiger partial charge in [0.05, 0.1) is 24.9 Å². The molecule has 1 heterocycles. The Morgan fingerprint density at radius 1 is 1.31 bits per heavy atom. The summed E-state index contributed by atoms with van der Waals surface area (Å²) in [5.41, 5.74) is 4.38. The largest absolute Gasteiger partial charge is 0.399 e. The van der Waals surface area contributed by atoms with Crippen LogP contribution in [0.25, 0.3) is 11.1 Å². The highest BCUT2D eigenvalue weighted by Gasteiger charge is 2.33. The van der Waals surface area contributed by atoms with Crippen LogP contribution in [0, 0.1) is 6.92 Å². The van der Waals surface area contributed by atoms with E-state index in [0.717, 1.165) is 27.4 Å². The van der Waals surface area contributed by atoms with Crippen molar-refractivity contribution in [2.75, 3.05) is 20.3 Å². The Labute approximate surface area is 157 Å². The Hall–Kier alpha value is -2.37. The molecule has 1 aliphatic rings. The van der Waals surface area contributed by atoms with Crippen molar-refractivity contribution in [3.8, 4) is 11.1 Å². The van der Waals surface area contributed by atoms with Crippen molar-refractivity contribution in [3.05, 3.63) is 58.6 Å². The monoisotopic (exact) mass is 372 g/mol. The van der Waals surface area contributed by atoms with Crippen LogP contribution in [0.3, 0.4) is 0 Å². The number of oxime groups is 1. The zero-order valence-electron chi connectivity index (χ0n) is 14.8. The van der Waals surface area contributed by atoms with Crippen LogP contribution in [0.5, 0.6) is 0 Å². The summed E-state index contributed by atoms with van der Waals surface area (Å²) < 4.78 is 0. The maximum Gasteiger partial charge on any atom is 0.254 e. The highest BCUT2D eigenvalue weighted by molar-refractivity contribution is 6.31. The first-order valence-corrected chi connectivity index (χ1v) is 8.79. The zero-order valence-corrected chi connectivity index (χ0v) is 15.5. The molecule has 2 aromatic rings. The molecule has 1 unspecified atom stereocenters. The van der Waals surface area contributed by atoms with Crippen molar-refractivity contribution < 1.29 is 14.7 Å². The standard InChI is InChI=1S/C20H21ClN2O3/c1-13-18(4-3-5-19(13)21)14-6-8-15(9-7-14)20(25)23-11-16(22-26-2)10-17(23)12-24/h3-9,17,24H,10-12H2,1-2H3/b22-16+. The van der Waals surface area contributed by atoms with Gasteiger partial charge in [0.25, 0.3) is 5.91 Å². The van der Waals surface area contributed by atoms with Gasteiger partial charge in [-0.1, -0.05) is 41.0 Å². The van der Waals surface area contributed by atoms with Crippen molar-refractivity contribution in [3.63, 3.8) is 0 Å².